The largest absolute Gasteiger partial charge is 0.493 e. The molecular weight excluding hydrogens is 264 g/mol. The Morgan fingerprint density at radius 1 is 1.05 bits per heavy atom. The van der Waals surface area contributed by atoms with Crippen molar-refractivity contribution in [2.75, 3.05) is 21.3 Å². The van der Waals surface area contributed by atoms with E-state index in [0.29, 0.717) is 22.8 Å². The van der Waals surface area contributed by atoms with Crippen molar-refractivity contribution < 1.29 is 23.8 Å². The van der Waals surface area contributed by atoms with Gasteiger partial charge in [-0.05, 0) is 12.1 Å². The standard InChI is InChI=1S/C13H18N2O5/c1-18-10-6-8(7-11(19-2)13(10)20-3)9(16)4-5-12(17)15-14/h6-7H,4-5,14H2,1-3H3,(H,15,17). The molecule has 0 heterocycles. The summed E-state index contributed by atoms with van der Waals surface area (Å²) in [7, 11) is 4.41. The number of carbonyl (C=O) groups excluding carboxylic acids is 2. The van der Waals surface area contributed by atoms with Crippen molar-refractivity contribution in [3.63, 3.8) is 0 Å². The number of Topliss-reactive ketones (excluding diaryl/α,β-unsaturated/α-hetero) is 1. The van der Waals surface area contributed by atoms with Crippen LogP contribution < -0.4 is 25.5 Å². The monoisotopic (exact) mass is 282 g/mol. The van der Waals surface area contributed by atoms with Crippen LogP contribution in [-0.4, -0.2) is 33.0 Å². The third kappa shape index (κ3) is 3.61. The third-order valence-corrected chi connectivity index (χ3v) is 2.73. The molecule has 0 aliphatic heterocycles. The Morgan fingerprint density at radius 3 is 2.00 bits per heavy atom. The van der Waals surface area contributed by atoms with Gasteiger partial charge in [0.25, 0.3) is 0 Å². The zero-order valence-corrected chi connectivity index (χ0v) is 11.7. The Morgan fingerprint density at radius 2 is 1.60 bits per heavy atom. The molecule has 7 heteroatoms. The lowest BCUT2D eigenvalue weighted by Crippen LogP contribution is -2.30. The number of hydrogen-bond donors (Lipinski definition) is 2. The van der Waals surface area contributed by atoms with Gasteiger partial charge in [0.2, 0.25) is 11.7 Å². The zero-order valence-electron chi connectivity index (χ0n) is 11.7. The third-order valence-electron chi connectivity index (χ3n) is 2.73. The van der Waals surface area contributed by atoms with Gasteiger partial charge in [0.15, 0.2) is 17.3 Å². The van der Waals surface area contributed by atoms with Crippen molar-refractivity contribution in [3.05, 3.63) is 17.7 Å². The van der Waals surface area contributed by atoms with Crippen molar-refractivity contribution in [1.82, 2.24) is 5.43 Å². The molecule has 1 rings (SSSR count). The van der Waals surface area contributed by atoms with E-state index >= 15 is 0 Å². The molecule has 1 aromatic rings. The molecule has 0 unspecified atom stereocenters. The van der Waals surface area contributed by atoms with Gasteiger partial charge in [-0.3, -0.25) is 15.0 Å². The lowest BCUT2D eigenvalue weighted by molar-refractivity contribution is -0.121. The highest BCUT2D eigenvalue weighted by Gasteiger charge is 2.17. The molecule has 0 aliphatic rings. The van der Waals surface area contributed by atoms with Crippen LogP contribution in [0.2, 0.25) is 0 Å². The quantitative estimate of drug-likeness (QED) is 0.330. The van der Waals surface area contributed by atoms with E-state index in [1.165, 1.54) is 21.3 Å². The van der Waals surface area contributed by atoms with Gasteiger partial charge in [-0.2, -0.15) is 0 Å². The van der Waals surface area contributed by atoms with E-state index in [1.54, 1.807) is 12.1 Å². The summed E-state index contributed by atoms with van der Waals surface area (Å²) in [5, 5.41) is 0. The Hall–Kier alpha value is -2.28. The van der Waals surface area contributed by atoms with Crippen molar-refractivity contribution in [3.8, 4) is 17.2 Å². The predicted molar refractivity (Wildman–Crippen MR) is 72.0 cm³/mol. The molecule has 0 spiro atoms. The number of ether oxygens (including phenoxy) is 3. The maximum atomic E-state index is 12.0. The summed E-state index contributed by atoms with van der Waals surface area (Å²) in [6.07, 6.45) is 0.0632. The first-order chi connectivity index (χ1) is 9.57. The molecule has 20 heavy (non-hydrogen) atoms. The summed E-state index contributed by atoms with van der Waals surface area (Å²) in [5.74, 6) is 5.53. The van der Waals surface area contributed by atoms with Gasteiger partial charge in [0.1, 0.15) is 0 Å². The second-order valence-electron chi connectivity index (χ2n) is 3.90. The summed E-state index contributed by atoms with van der Waals surface area (Å²) < 4.78 is 15.5. The second-order valence-corrected chi connectivity index (χ2v) is 3.90. The Labute approximate surface area is 117 Å². The van der Waals surface area contributed by atoms with E-state index in [1.807, 2.05) is 5.43 Å². The number of hydrazine groups is 1. The average molecular weight is 282 g/mol. The number of benzene rings is 1. The molecular formula is C13H18N2O5. The summed E-state index contributed by atoms with van der Waals surface area (Å²) in [5.41, 5.74) is 2.35. The fourth-order valence-electron chi connectivity index (χ4n) is 1.69. The van der Waals surface area contributed by atoms with Crippen molar-refractivity contribution in [2.45, 2.75) is 12.8 Å². The first-order valence-electron chi connectivity index (χ1n) is 5.90. The van der Waals surface area contributed by atoms with Crippen LogP contribution in [0.4, 0.5) is 0 Å². The van der Waals surface area contributed by atoms with Crippen LogP contribution in [0.3, 0.4) is 0 Å². The summed E-state index contributed by atoms with van der Waals surface area (Å²) in [6.45, 7) is 0. The molecule has 0 aromatic heterocycles. The maximum absolute atomic E-state index is 12.0. The number of hydrogen-bond acceptors (Lipinski definition) is 6. The van der Waals surface area contributed by atoms with Crippen LogP contribution in [0.25, 0.3) is 0 Å². The smallest absolute Gasteiger partial charge is 0.234 e. The zero-order chi connectivity index (χ0) is 15.1. The topological polar surface area (TPSA) is 99.9 Å². The maximum Gasteiger partial charge on any atom is 0.234 e. The number of rotatable bonds is 7. The highest BCUT2D eigenvalue weighted by molar-refractivity contribution is 5.99. The normalized spacial score (nSPS) is 9.80. The summed E-state index contributed by atoms with van der Waals surface area (Å²) in [4.78, 5) is 23.1. The molecule has 0 atom stereocenters. The summed E-state index contributed by atoms with van der Waals surface area (Å²) >= 11 is 0. The number of amides is 1. The van der Waals surface area contributed by atoms with Gasteiger partial charge in [0, 0.05) is 18.4 Å². The Kier molecular flexibility index (Phi) is 5.79. The van der Waals surface area contributed by atoms with Crippen LogP contribution in [0, 0.1) is 0 Å². The van der Waals surface area contributed by atoms with Gasteiger partial charge >= 0.3 is 0 Å². The lowest BCUT2D eigenvalue weighted by atomic mass is 10.1. The van der Waals surface area contributed by atoms with E-state index < -0.39 is 5.91 Å². The SMILES string of the molecule is COc1cc(C(=O)CCC(=O)NN)cc(OC)c1OC. The van der Waals surface area contributed by atoms with Gasteiger partial charge < -0.3 is 14.2 Å². The van der Waals surface area contributed by atoms with Crippen LogP contribution in [-0.2, 0) is 4.79 Å². The molecule has 1 aromatic carbocycles. The second kappa shape index (κ2) is 7.34. The Bertz CT molecular complexity index is 477. The fraction of sp³-hybridized carbons (Fsp3) is 0.385. The average Bonchev–Trinajstić information content (AvgIpc) is 2.50. The van der Waals surface area contributed by atoms with Crippen LogP contribution >= 0.6 is 0 Å². The highest BCUT2D eigenvalue weighted by Crippen LogP contribution is 2.38. The van der Waals surface area contributed by atoms with Gasteiger partial charge in [-0.1, -0.05) is 0 Å². The molecule has 3 N–H and O–H groups in total. The van der Waals surface area contributed by atoms with Gasteiger partial charge in [-0.15, -0.1) is 0 Å². The molecule has 1 amide bonds. The lowest BCUT2D eigenvalue weighted by Gasteiger charge is -2.13. The molecule has 7 nitrogen and oxygen atoms in total. The van der Waals surface area contributed by atoms with Crippen LogP contribution in [0.5, 0.6) is 17.2 Å². The number of nitrogens with one attached hydrogen (secondary N) is 1. The van der Waals surface area contributed by atoms with Crippen molar-refractivity contribution in [2.24, 2.45) is 5.84 Å². The highest BCUT2D eigenvalue weighted by atomic mass is 16.5. The van der Waals surface area contributed by atoms with E-state index in [4.69, 9.17) is 20.1 Å². The summed E-state index contributed by atoms with van der Waals surface area (Å²) in [6, 6.07) is 3.09. The molecule has 0 aliphatic carbocycles. The van der Waals surface area contributed by atoms with Gasteiger partial charge in [-0.25, -0.2) is 5.84 Å². The number of nitrogens with two attached hydrogens (primary N) is 1. The predicted octanol–water partition coefficient (Wildman–Crippen LogP) is 0.665. The minimum atomic E-state index is -0.397. The van der Waals surface area contributed by atoms with Gasteiger partial charge in [0.05, 0.1) is 21.3 Å². The molecule has 0 saturated carbocycles. The molecule has 0 fully saturated rings. The van der Waals surface area contributed by atoms with E-state index in [9.17, 15) is 9.59 Å². The molecule has 110 valence electrons. The fourth-order valence-corrected chi connectivity index (χ4v) is 1.69. The van der Waals surface area contributed by atoms with E-state index in [0.717, 1.165) is 0 Å². The first-order valence-corrected chi connectivity index (χ1v) is 5.90. The van der Waals surface area contributed by atoms with Crippen molar-refractivity contribution in [1.29, 1.82) is 0 Å². The minimum Gasteiger partial charge on any atom is -0.493 e. The number of methoxy groups -OCH3 is 3. The van der Waals surface area contributed by atoms with E-state index in [-0.39, 0.29) is 18.6 Å². The van der Waals surface area contributed by atoms with Crippen LogP contribution in [0.1, 0.15) is 23.2 Å². The van der Waals surface area contributed by atoms with E-state index in [2.05, 4.69) is 0 Å². The van der Waals surface area contributed by atoms with Crippen LogP contribution in [0.15, 0.2) is 12.1 Å². The number of ketones is 1. The molecule has 0 radical (unpaired) electrons. The molecule has 0 bridgehead atoms. The Balaban J connectivity index is 3.00. The number of carbonyl (C=O) groups is 2. The molecule has 0 saturated heterocycles. The first kappa shape index (κ1) is 15.8. The minimum absolute atomic E-state index is 0.0198. The van der Waals surface area contributed by atoms with Crippen molar-refractivity contribution >= 4 is 11.7 Å².